The van der Waals surface area contributed by atoms with Gasteiger partial charge in [-0.2, -0.15) is 0 Å². The van der Waals surface area contributed by atoms with E-state index in [-0.39, 0.29) is 18.0 Å². The summed E-state index contributed by atoms with van der Waals surface area (Å²) in [6, 6.07) is 0. The van der Waals surface area contributed by atoms with Crippen molar-refractivity contribution in [2.24, 2.45) is 11.8 Å². The molecule has 1 atom stereocenters. The van der Waals surface area contributed by atoms with E-state index in [0.29, 0.717) is 12.5 Å². The van der Waals surface area contributed by atoms with Gasteiger partial charge in [0.05, 0.1) is 12.5 Å². The zero-order valence-electron chi connectivity index (χ0n) is 8.98. The summed E-state index contributed by atoms with van der Waals surface area (Å²) in [4.78, 5) is 11.6. The Labute approximate surface area is 90.4 Å². The van der Waals surface area contributed by atoms with Gasteiger partial charge in [-0.15, -0.1) is 6.58 Å². The van der Waals surface area contributed by atoms with Gasteiger partial charge in [-0.05, 0) is 31.6 Å². The van der Waals surface area contributed by atoms with Gasteiger partial charge in [-0.1, -0.05) is 6.08 Å². The predicted octanol–water partition coefficient (Wildman–Crippen LogP) is 1.92. The highest BCUT2D eigenvalue weighted by atomic mass is 16.6. The molecule has 3 nitrogen and oxygen atoms in total. The third-order valence-electron chi connectivity index (χ3n) is 3.25. The molecule has 0 N–H and O–H groups in total. The number of hydrogen-bond acceptors (Lipinski definition) is 3. The molecule has 0 radical (unpaired) electrons. The number of esters is 1. The summed E-state index contributed by atoms with van der Waals surface area (Å²) in [6.45, 7) is 4.98. The Morgan fingerprint density at radius 1 is 1.40 bits per heavy atom. The Hall–Kier alpha value is -0.830. The van der Waals surface area contributed by atoms with E-state index in [9.17, 15) is 4.79 Å². The highest BCUT2D eigenvalue weighted by Crippen LogP contribution is 2.30. The molecule has 1 unspecified atom stereocenters. The fourth-order valence-corrected chi connectivity index (χ4v) is 2.05. The minimum absolute atomic E-state index is 0.0342. The largest absolute Gasteiger partial charge is 0.463 e. The first kappa shape index (κ1) is 10.7. The lowest BCUT2D eigenvalue weighted by Gasteiger charge is -2.24. The molecule has 0 amide bonds. The average molecular weight is 210 g/mol. The number of rotatable bonds is 4. The summed E-state index contributed by atoms with van der Waals surface area (Å²) >= 11 is 0. The zero-order valence-corrected chi connectivity index (χ0v) is 8.98. The van der Waals surface area contributed by atoms with Crippen molar-refractivity contribution < 1.29 is 14.3 Å². The summed E-state index contributed by atoms with van der Waals surface area (Å²) in [5, 5.41) is 0. The number of epoxide rings is 1. The van der Waals surface area contributed by atoms with Crippen LogP contribution in [0.2, 0.25) is 0 Å². The molecule has 2 aliphatic rings. The minimum Gasteiger partial charge on any atom is -0.463 e. The van der Waals surface area contributed by atoms with Crippen molar-refractivity contribution in [2.75, 3.05) is 13.2 Å². The molecule has 1 saturated carbocycles. The molecule has 84 valence electrons. The van der Waals surface area contributed by atoms with Crippen LogP contribution in [0.5, 0.6) is 0 Å². The maximum Gasteiger partial charge on any atom is 0.309 e. The van der Waals surface area contributed by atoms with Gasteiger partial charge in [0.1, 0.15) is 12.7 Å². The first-order chi connectivity index (χ1) is 7.29. The fourth-order valence-electron chi connectivity index (χ4n) is 2.05. The lowest BCUT2D eigenvalue weighted by Crippen LogP contribution is -2.24. The Morgan fingerprint density at radius 2 is 2.07 bits per heavy atom. The second-order valence-electron chi connectivity index (χ2n) is 4.43. The molecule has 0 aromatic rings. The van der Waals surface area contributed by atoms with Crippen LogP contribution in [0, 0.1) is 11.8 Å². The van der Waals surface area contributed by atoms with Crippen molar-refractivity contribution in [2.45, 2.75) is 31.8 Å². The van der Waals surface area contributed by atoms with Crippen molar-refractivity contribution in [1.29, 1.82) is 0 Å². The molecule has 0 spiro atoms. The molecule has 1 heterocycles. The minimum atomic E-state index is -0.0342. The van der Waals surface area contributed by atoms with E-state index in [1.165, 1.54) is 0 Å². The molecule has 0 aromatic heterocycles. The maximum absolute atomic E-state index is 11.6. The van der Waals surface area contributed by atoms with E-state index in [1.54, 1.807) is 0 Å². The van der Waals surface area contributed by atoms with Gasteiger partial charge in [0.25, 0.3) is 0 Å². The maximum atomic E-state index is 11.6. The number of allylic oxidation sites excluding steroid dienone is 1. The first-order valence-electron chi connectivity index (χ1n) is 5.70. The molecule has 0 bridgehead atoms. The van der Waals surface area contributed by atoms with Crippen molar-refractivity contribution >= 4 is 5.97 Å². The van der Waals surface area contributed by atoms with Gasteiger partial charge in [-0.3, -0.25) is 4.79 Å². The van der Waals surface area contributed by atoms with Crippen LogP contribution < -0.4 is 0 Å². The number of ether oxygens (including phenoxy) is 2. The third-order valence-corrected chi connectivity index (χ3v) is 3.25. The molecule has 15 heavy (non-hydrogen) atoms. The van der Waals surface area contributed by atoms with E-state index in [4.69, 9.17) is 9.47 Å². The van der Waals surface area contributed by atoms with E-state index in [1.807, 2.05) is 6.08 Å². The second kappa shape index (κ2) is 4.79. The summed E-state index contributed by atoms with van der Waals surface area (Å²) in [5.74, 6) is 0.675. The molecule has 1 saturated heterocycles. The van der Waals surface area contributed by atoms with Crippen molar-refractivity contribution in [3.05, 3.63) is 12.7 Å². The number of hydrogen-bond donors (Lipinski definition) is 0. The zero-order chi connectivity index (χ0) is 10.7. The summed E-state index contributed by atoms with van der Waals surface area (Å²) < 4.78 is 10.2. The topological polar surface area (TPSA) is 38.8 Å². The van der Waals surface area contributed by atoms with Crippen LogP contribution in [-0.4, -0.2) is 25.3 Å². The summed E-state index contributed by atoms with van der Waals surface area (Å²) in [7, 11) is 0. The van der Waals surface area contributed by atoms with Crippen LogP contribution >= 0.6 is 0 Å². The molecular weight excluding hydrogens is 192 g/mol. The van der Waals surface area contributed by atoms with Crippen molar-refractivity contribution in [3.63, 3.8) is 0 Å². The van der Waals surface area contributed by atoms with Crippen molar-refractivity contribution in [1.82, 2.24) is 0 Å². The molecule has 2 rings (SSSR count). The van der Waals surface area contributed by atoms with E-state index < -0.39 is 0 Å². The molecule has 3 heteroatoms. The van der Waals surface area contributed by atoms with E-state index in [0.717, 1.165) is 32.3 Å². The number of carbonyl (C=O) groups is 1. The van der Waals surface area contributed by atoms with Gasteiger partial charge in [0.15, 0.2) is 0 Å². The highest BCUT2D eigenvalue weighted by molar-refractivity contribution is 5.72. The van der Waals surface area contributed by atoms with Crippen LogP contribution in [-0.2, 0) is 14.3 Å². The van der Waals surface area contributed by atoms with Gasteiger partial charge < -0.3 is 9.47 Å². The van der Waals surface area contributed by atoms with Crippen LogP contribution in [0.15, 0.2) is 12.7 Å². The monoisotopic (exact) mass is 210 g/mol. The summed E-state index contributed by atoms with van der Waals surface area (Å²) in [5.41, 5.74) is 0. The van der Waals surface area contributed by atoms with Crippen LogP contribution in [0.3, 0.4) is 0 Å². The van der Waals surface area contributed by atoms with Gasteiger partial charge in [0.2, 0.25) is 0 Å². The molecule has 0 aromatic carbocycles. The highest BCUT2D eigenvalue weighted by Gasteiger charge is 2.29. The van der Waals surface area contributed by atoms with Crippen LogP contribution in [0.25, 0.3) is 0 Å². The van der Waals surface area contributed by atoms with Gasteiger partial charge >= 0.3 is 5.97 Å². The summed E-state index contributed by atoms with van der Waals surface area (Å²) in [6.07, 6.45) is 6.21. The van der Waals surface area contributed by atoms with E-state index >= 15 is 0 Å². The Balaban J connectivity index is 1.69. The molecule has 2 fully saturated rings. The molecule has 1 aliphatic carbocycles. The van der Waals surface area contributed by atoms with Gasteiger partial charge in [-0.25, -0.2) is 0 Å². The van der Waals surface area contributed by atoms with Crippen molar-refractivity contribution in [3.8, 4) is 0 Å². The first-order valence-corrected chi connectivity index (χ1v) is 5.70. The Morgan fingerprint density at radius 3 is 2.60 bits per heavy atom. The average Bonchev–Trinajstić information content (AvgIpc) is 3.10. The quantitative estimate of drug-likeness (QED) is 0.404. The van der Waals surface area contributed by atoms with Crippen LogP contribution in [0.4, 0.5) is 0 Å². The Kier molecular flexibility index (Phi) is 3.41. The smallest absolute Gasteiger partial charge is 0.309 e. The third kappa shape index (κ3) is 3.06. The normalized spacial score (nSPS) is 34.5. The van der Waals surface area contributed by atoms with Gasteiger partial charge in [0, 0.05) is 0 Å². The standard InChI is InChI=1S/C12H18O3/c1-2-9-3-5-10(6-4-9)12(13)15-8-11-7-14-11/h2,9-11H,1,3-8H2. The lowest BCUT2D eigenvalue weighted by atomic mass is 9.82. The number of carbonyl (C=O) groups excluding carboxylic acids is 1. The second-order valence-corrected chi connectivity index (χ2v) is 4.43. The lowest BCUT2D eigenvalue weighted by molar-refractivity contribution is -0.150. The van der Waals surface area contributed by atoms with Crippen LogP contribution in [0.1, 0.15) is 25.7 Å². The fraction of sp³-hybridized carbons (Fsp3) is 0.750. The molecule has 1 aliphatic heterocycles. The predicted molar refractivity (Wildman–Crippen MR) is 56.3 cm³/mol. The SMILES string of the molecule is C=CC1CCC(C(=O)OCC2CO2)CC1. The molecular formula is C12H18O3. The Bertz CT molecular complexity index is 237. The van der Waals surface area contributed by atoms with E-state index in [2.05, 4.69) is 6.58 Å².